The number of rotatable bonds is 8. The van der Waals surface area contributed by atoms with Crippen LogP contribution in [0.5, 0.6) is 0 Å². The molecule has 0 N–H and O–H groups in total. The summed E-state index contributed by atoms with van der Waals surface area (Å²) >= 11 is 5.87. The zero-order chi connectivity index (χ0) is 19.1. The summed E-state index contributed by atoms with van der Waals surface area (Å²) in [5.74, 6) is -2.69. The van der Waals surface area contributed by atoms with Crippen molar-refractivity contribution in [3.05, 3.63) is 70.7 Å². The summed E-state index contributed by atoms with van der Waals surface area (Å²) in [4.78, 5) is 37.3. The van der Waals surface area contributed by atoms with Crippen molar-refractivity contribution >= 4 is 29.1 Å². The Bertz CT molecular complexity index is 768. The van der Waals surface area contributed by atoms with Crippen molar-refractivity contribution in [3.8, 4) is 0 Å². The summed E-state index contributed by atoms with van der Waals surface area (Å²) in [6, 6.07) is 15.7. The van der Waals surface area contributed by atoms with Crippen LogP contribution in [0.2, 0.25) is 5.02 Å². The minimum Gasteiger partial charge on any atom is -0.465 e. The van der Waals surface area contributed by atoms with Crippen molar-refractivity contribution in [3.63, 3.8) is 0 Å². The zero-order valence-electron chi connectivity index (χ0n) is 14.8. The molecule has 2 unspecified atom stereocenters. The number of ketones is 2. The van der Waals surface area contributed by atoms with E-state index in [0.29, 0.717) is 10.6 Å². The number of halogens is 1. The van der Waals surface area contributed by atoms with E-state index < -0.39 is 17.8 Å². The third kappa shape index (κ3) is 5.02. The fourth-order valence-corrected chi connectivity index (χ4v) is 3.05. The van der Waals surface area contributed by atoms with Crippen LogP contribution >= 0.6 is 11.6 Å². The molecule has 0 amide bonds. The SMILES string of the molecule is CCOC(=O)C(C(C)=O)C(CC(=O)c1ccc(Cl)cc1)c1ccccc1. The molecule has 0 saturated heterocycles. The van der Waals surface area contributed by atoms with Gasteiger partial charge in [0.05, 0.1) is 6.61 Å². The van der Waals surface area contributed by atoms with E-state index in [9.17, 15) is 14.4 Å². The van der Waals surface area contributed by atoms with Gasteiger partial charge in [-0.15, -0.1) is 0 Å². The maximum absolute atomic E-state index is 12.7. The molecule has 2 atom stereocenters. The predicted molar refractivity (Wildman–Crippen MR) is 100 cm³/mol. The Hall–Kier alpha value is -2.46. The number of carbonyl (C=O) groups excluding carboxylic acids is 3. The fraction of sp³-hybridized carbons (Fsp3) is 0.286. The Morgan fingerprint density at radius 1 is 1.00 bits per heavy atom. The molecular weight excluding hydrogens is 352 g/mol. The van der Waals surface area contributed by atoms with Crippen LogP contribution in [-0.4, -0.2) is 24.1 Å². The molecule has 2 aromatic carbocycles. The molecule has 0 spiro atoms. The highest BCUT2D eigenvalue weighted by Crippen LogP contribution is 2.31. The maximum atomic E-state index is 12.7. The molecular formula is C21H21ClO4. The molecule has 4 nitrogen and oxygen atoms in total. The molecule has 0 heterocycles. The molecule has 0 fully saturated rings. The van der Waals surface area contributed by atoms with Crippen LogP contribution in [0, 0.1) is 5.92 Å². The normalized spacial score (nSPS) is 12.9. The second-order valence-electron chi connectivity index (χ2n) is 5.99. The number of hydrogen-bond donors (Lipinski definition) is 0. The fourth-order valence-electron chi connectivity index (χ4n) is 2.93. The molecule has 0 aromatic heterocycles. The lowest BCUT2D eigenvalue weighted by molar-refractivity contribution is -0.152. The van der Waals surface area contributed by atoms with Crippen LogP contribution in [0.3, 0.4) is 0 Å². The monoisotopic (exact) mass is 372 g/mol. The molecule has 26 heavy (non-hydrogen) atoms. The average molecular weight is 373 g/mol. The summed E-state index contributed by atoms with van der Waals surface area (Å²) < 4.78 is 5.08. The summed E-state index contributed by atoms with van der Waals surface area (Å²) in [6.45, 7) is 3.21. The highest BCUT2D eigenvalue weighted by atomic mass is 35.5. The van der Waals surface area contributed by atoms with E-state index in [2.05, 4.69) is 0 Å². The third-order valence-corrected chi connectivity index (χ3v) is 4.43. The largest absolute Gasteiger partial charge is 0.465 e. The van der Waals surface area contributed by atoms with Crippen LogP contribution in [0.1, 0.15) is 42.1 Å². The number of benzene rings is 2. The van der Waals surface area contributed by atoms with Gasteiger partial charge < -0.3 is 4.74 Å². The van der Waals surface area contributed by atoms with Gasteiger partial charge >= 0.3 is 5.97 Å². The van der Waals surface area contributed by atoms with Crippen LogP contribution in [-0.2, 0) is 14.3 Å². The van der Waals surface area contributed by atoms with Gasteiger partial charge in [0.2, 0.25) is 0 Å². The molecule has 0 aliphatic heterocycles. The van der Waals surface area contributed by atoms with E-state index in [0.717, 1.165) is 5.56 Å². The molecule has 0 aliphatic rings. The van der Waals surface area contributed by atoms with Crippen LogP contribution < -0.4 is 0 Å². The van der Waals surface area contributed by atoms with Gasteiger partial charge in [-0.3, -0.25) is 14.4 Å². The lowest BCUT2D eigenvalue weighted by Crippen LogP contribution is -2.32. The van der Waals surface area contributed by atoms with Crippen molar-refractivity contribution < 1.29 is 19.1 Å². The van der Waals surface area contributed by atoms with Gasteiger partial charge in [-0.05, 0) is 43.7 Å². The number of hydrogen-bond acceptors (Lipinski definition) is 4. The van der Waals surface area contributed by atoms with Crippen molar-refractivity contribution in [2.24, 2.45) is 5.92 Å². The second-order valence-corrected chi connectivity index (χ2v) is 6.43. The van der Waals surface area contributed by atoms with Gasteiger partial charge in [-0.1, -0.05) is 41.9 Å². The summed E-state index contributed by atoms with van der Waals surface area (Å²) in [7, 11) is 0. The Morgan fingerprint density at radius 2 is 1.62 bits per heavy atom. The van der Waals surface area contributed by atoms with E-state index in [4.69, 9.17) is 16.3 Å². The van der Waals surface area contributed by atoms with E-state index in [-0.39, 0.29) is 24.6 Å². The first-order chi connectivity index (χ1) is 12.4. The van der Waals surface area contributed by atoms with E-state index in [1.54, 1.807) is 31.2 Å². The first-order valence-corrected chi connectivity index (χ1v) is 8.82. The average Bonchev–Trinajstić information content (AvgIpc) is 2.62. The summed E-state index contributed by atoms with van der Waals surface area (Å²) in [5, 5.41) is 0.536. The Balaban J connectivity index is 2.37. The van der Waals surface area contributed by atoms with E-state index >= 15 is 0 Å². The minimum atomic E-state index is -1.02. The van der Waals surface area contributed by atoms with Gasteiger partial charge in [-0.25, -0.2) is 0 Å². The quantitative estimate of drug-likeness (QED) is 0.390. The minimum absolute atomic E-state index is 0.0225. The summed E-state index contributed by atoms with van der Waals surface area (Å²) in [5.41, 5.74) is 1.24. The number of carbonyl (C=O) groups is 3. The van der Waals surface area contributed by atoms with Crippen molar-refractivity contribution in [1.82, 2.24) is 0 Å². The topological polar surface area (TPSA) is 60.4 Å². The molecule has 5 heteroatoms. The molecule has 0 aliphatic carbocycles. The van der Waals surface area contributed by atoms with Gasteiger partial charge in [0.15, 0.2) is 5.78 Å². The first-order valence-electron chi connectivity index (χ1n) is 8.44. The van der Waals surface area contributed by atoms with Crippen LogP contribution in [0.15, 0.2) is 54.6 Å². The Morgan fingerprint density at radius 3 is 2.15 bits per heavy atom. The van der Waals surface area contributed by atoms with Crippen LogP contribution in [0.25, 0.3) is 0 Å². The predicted octanol–water partition coefficient (Wildman–Crippen LogP) is 4.46. The molecule has 2 rings (SSSR count). The number of Topliss-reactive ketones (excluding diaryl/α,β-unsaturated/α-hetero) is 2. The third-order valence-electron chi connectivity index (χ3n) is 4.18. The van der Waals surface area contributed by atoms with Crippen molar-refractivity contribution in [2.75, 3.05) is 6.61 Å². The second kappa shape index (κ2) is 9.30. The van der Waals surface area contributed by atoms with Gasteiger partial charge in [0.25, 0.3) is 0 Å². The zero-order valence-corrected chi connectivity index (χ0v) is 15.5. The number of ether oxygens (including phenoxy) is 1. The molecule has 136 valence electrons. The Labute approximate surface area is 158 Å². The summed E-state index contributed by atoms with van der Waals surface area (Å²) in [6.07, 6.45) is 0.0225. The lowest BCUT2D eigenvalue weighted by atomic mass is 9.79. The van der Waals surface area contributed by atoms with E-state index in [1.807, 2.05) is 30.3 Å². The maximum Gasteiger partial charge on any atom is 0.317 e. The van der Waals surface area contributed by atoms with Gasteiger partial charge in [0.1, 0.15) is 11.7 Å². The highest BCUT2D eigenvalue weighted by Gasteiger charge is 2.36. The first kappa shape index (κ1) is 19.9. The van der Waals surface area contributed by atoms with Crippen LogP contribution in [0.4, 0.5) is 0 Å². The van der Waals surface area contributed by atoms with Gasteiger partial charge in [0, 0.05) is 22.9 Å². The van der Waals surface area contributed by atoms with Crippen molar-refractivity contribution in [2.45, 2.75) is 26.2 Å². The highest BCUT2D eigenvalue weighted by molar-refractivity contribution is 6.30. The lowest BCUT2D eigenvalue weighted by Gasteiger charge is -2.24. The molecule has 0 bridgehead atoms. The smallest absolute Gasteiger partial charge is 0.317 e. The number of esters is 1. The van der Waals surface area contributed by atoms with Gasteiger partial charge in [-0.2, -0.15) is 0 Å². The molecule has 0 saturated carbocycles. The Kier molecular flexibility index (Phi) is 7.10. The molecule has 0 radical (unpaired) electrons. The standard InChI is InChI=1S/C21H21ClO4/c1-3-26-21(25)20(14(2)23)18(15-7-5-4-6-8-15)13-19(24)16-9-11-17(22)12-10-16/h4-12,18,20H,3,13H2,1-2H3. The molecule has 2 aromatic rings. The van der Waals surface area contributed by atoms with Crippen molar-refractivity contribution in [1.29, 1.82) is 0 Å². The van der Waals surface area contributed by atoms with E-state index in [1.165, 1.54) is 6.92 Å².